The Kier molecular flexibility index (Phi) is 4.06. The second-order valence-corrected chi connectivity index (χ2v) is 5.17. The number of carbonyl (C=O) groups excluding carboxylic acids is 1. The van der Waals surface area contributed by atoms with Crippen LogP contribution < -0.4 is 0 Å². The normalized spacial score (nSPS) is 19.4. The van der Waals surface area contributed by atoms with Gasteiger partial charge in [0.05, 0.1) is 16.2 Å². The number of halogens is 3. The van der Waals surface area contributed by atoms with Crippen LogP contribution in [0.25, 0.3) is 0 Å². The number of allylic oxidation sites excluding steroid dienone is 1. The van der Waals surface area contributed by atoms with Gasteiger partial charge in [-0.25, -0.2) is 4.79 Å². The standard InChI is InChI=1S/C14H14F3N3O3/c1-8-11(20(22)23)12(19(3)13(21)18(8)2)9-6-4-5-7-10(9)14(15,16)17/h4-7,12H,1-3H3. The molecular weight excluding hydrogens is 315 g/mol. The molecule has 1 unspecified atom stereocenters. The highest BCUT2D eigenvalue weighted by Crippen LogP contribution is 2.41. The van der Waals surface area contributed by atoms with E-state index in [0.29, 0.717) is 0 Å². The molecule has 23 heavy (non-hydrogen) atoms. The molecule has 0 fully saturated rings. The molecule has 9 heteroatoms. The summed E-state index contributed by atoms with van der Waals surface area (Å²) in [6.45, 7) is 1.34. The maximum atomic E-state index is 13.2. The first-order chi connectivity index (χ1) is 10.6. The summed E-state index contributed by atoms with van der Waals surface area (Å²) in [7, 11) is 2.58. The average Bonchev–Trinajstić information content (AvgIpc) is 2.47. The van der Waals surface area contributed by atoms with Gasteiger partial charge in [-0.1, -0.05) is 18.2 Å². The molecule has 1 aromatic rings. The second kappa shape index (κ2) is 5.56. The molecule has 6 nitrogen and oxygen atoms in total. The first-order valence-corrected chi connectivity index (χ1v) is 6.59. The maximum Gasteiger partial charge on any atom is 0.416 e. The predicted molar refractivity (Wildman–Crippen MR) is 74.8 cm³/mol. The molecule has 2 amide bonds. The Hall–Kier alpha value is -2.58. The van der Waals surface area contributed by atoms with Crippen molar-refractivity contribution in [2.75, 3.05) is 14.1 Å². The highest BCUT2D eigenvalue weighted by atomic mass is 19.4. The lowest BCUT2D eigenvalue weighted by atomic mass is 9.94. The molecule has 0 spiro atoms. The van der Waals surface area contributed by atoms with Gasteiger partial charge in [-0.15, -0.1) is 0 Å². The third-order valence-electron chi connectivity index (χ3n) is 3.87. The number of likely N-dealkylation sites (N-methyl/N-ethyl adjacent to an activating group) is 1. The number of carbonyl (C=O) groups is 1. The molecule has 124 valence electrons. The van der Waals surface area contributed by atoms with E-state index < -0.39 is 34.4 Å². The Morgan fingerprint density at radius 1 is 1.22 bits per heavy atom. The van der Waals surface area contributed by atoms with Crippen molar-refractivity contribution in [3.8, 4) is 0 Å². The SMILES string of the molecule is CC1=C([N+](=O)[O-])C(c2ccccc2C(F)(F)F)N(C)C(=O)N1C. The summed E-state index contributed by atoms with van der Waals surface area (Å²) in [5.74, 6) is 0. The van der Waals surface area contributed by atoms with Crippen molar-refractivity contribution in [3.05, 3.63) is 56.9 Å². The number of nitro groups is 1. The van der Waals surface area contributed by atoms with E-state index in [0.717, 1.165) is 21.9 Å². The van der Waals surface area contributed by atoms with Crippen LogP contribution in [0.3, 0.4) is 0 Å². The van der Waals surface area contributed by atoms with E-state index in [1.54, 1.807) is 0 Å². The van der Waals surface area contributed by atoms with Gasteiger partial charge in [0.15, 0.2) is 6.04 Å². The topological polar surface area (TPSA) is 66.7 Å². The van der Waals surface area contributed by atoms with E-state index in [4.69, 9.17) is 0 Å². The zero-order valence-corrected chi connectivity index (χ0v) is 12.6. The molecule has 1 aliphatic rings. The van der Waals surface area contributed by atoms with Crippen LogP contribution in [-0.4, -0.2) is 34.8 Å². The van der Waals surface area contributed by atoms with Crippen molar-refractivity contribution in [3.63, 3.8) is 0 Å². The van der Waals surface area contributed by atoms with Crippen LogP contribution in [-0.2, 0) is 6.18 Å². The number of nitrogens with zero attached hydrogens (tertiary/aromatic N) is 3. The highest BCUT2D eigenvalue weighted by molar-refractivity contribution is 5.78. The smallest absolute Gasteiger partial charge is 0.310 e. The van der Waals surface area contributed by atoms with E-state index in [2.05, 4.69) is 0 Å². The monoisotopic (exact) mass is 329 g/mol. The van der Waals surface area contributed by atoms with Crippen LogP contribution in [0.15, 0.2) is 35.7 Å². The third kappa shape index (κ3) is 2.73. The maximum absolute atomic E-state index is 13.2. The van der Waals surface area contributed by atoms with Gasteiger partial charge in [0.25, 0.3) is 5.70 Å². The van der Waals surface area contributed by atoms with Gasteiger partial charge in [0.1, 0.15) is 0 Å². The molecule has 1 aromatic carbocycles. The lowest BCUT2D eigenvalue weighted by molar-refractivity contribution is -0.436. The zero-order chi connectivity index (χ0) is 17.5. The van der Waals surface area contributed by atoms with E-state index >= 15 is 0 Å². The summed E-state index contributed by atoms with van der Waals surface area (Å²) in [6, 6.07) is 2.53. The van der Waals surface area contributed by atoms with Crippen LogP contribution in [0.4, 0.5) is 18.0 Å². The molecule has 0 bridgehead atoms. The number of urea groups is 1. The van der Waals surface area contributed by atoms with Crippen molar-refractivity contribution in [1.82, 2.24) is 9.80 Å². The second-order valence-electron chi connectivity index (χ2n) is 5.17. The quantitative estimate of drug-likeness (QED) is 0.618. The first-order valence-electron chi connectivity index (χ1n) is 6.59. The Bertz CT molecular complexity index is 700. The number of rotatable bonds is 2. The number of alkyl halides is 3. The fourth-order valence-corrected chi connectivity index (χ4v) is 2.63. The Morgan fingerprint density at radius 3 is 2.30 bits per heavy atom. The Balaban J connectivity index is 2.75. The molecule has 2 rings (SSSR count). The lowest BCUT2D eigenvalue weighted by Gasteiger charge is -2.36. The van der Waals surface area contributed by atoms with Crippen molar-refractivity contribution >= 4 is 6.03 Å². The van der Waals surface area contributed by atoms with E-state index in [-0.39, 0.29) is 11.3 Å². The first kappa shape index (κ1) is 16.8. The van der Waals surface area contributed by atoms with E-state index in [1.165, 1.54) is 33.2 Å². The van der Waals surface area contributed by atoms with Crippen molar-refractivity contribution in [2.45, 2.75) is 19.1 Å². The molecule has 0 aromatic heterocycles. The Labute approximate surface area is 129 Å². The number of amides is 2. The molecular formula is C14H14F3N3O3. The van der Waals surface area contributed by atoms with E-state index in [1.807, 2.05) is 0 Å². The fraction of sp³-hybridized carbons (Fsp3) is 0.357. The summed E-state index contributed by atoms with van der Waals surface area (Å²) in [5.41, 5.74) is -1.76. The summed E-state index contributed by atoms with van der Waals surface area (Å²) in [4.78, 5) is 24.8. The van der Waals surface area contributed by atoms with Gasteiger partial charge in [0, 0.05) is 14.1 Å². The van der Waals surface area contributed by atoms with Crippen LogP contribution in [0.5, 0.6) is 0 Å². The minimum atomic E-state index is -4.68. The molecule has 1 heterocycles. The third-order valence-corrected chi connectivity index (χ3v) is 3.87. The van der Waals surface area contributed by atoms with Gasteiger partial charge >= 0.3 is 12.2 Å². The highest BCUT2D eigenvalue weighted by Gasteiger charge is 2.46. The van der Waals surface area contributed by atoms with Gasteiger partial charge in [0.2, 0.25) is 0 Å². The van der Waals surface area contributed by atoms with Crippen LogP contribution >= 0.6 is 0 Å². The molecule has 0 N–H and O–H groups in total. The van der Waals surface area contributed by atoms with Crippen LogP contribution in [0.1, 0.15) is 24.1 Å². The minimum Gasteiger partial charge on any atom is -0.310 e. The summed E-state index contributed by atoms with van der Waals surface area (Å²) >= 11 is 0. The average molecular weight is 329 g/mol. The lowest BCUT2D eigenvalue weighted by Crippen LogP contribution is -2.47. The zero-order valence-electron chi connectivity index (χ0n) is 12.6. The largest absolute Gasteiger partial charge is 0.416 e. The molecule has 0 radical (unpaired) electrons. The van der Waals surface area contributed by atoms with Gasteiger partial charge in [-0.2, -0.15) is 13.2 Å². The van der Waals surface area contributed by atoms with E-state index in [9.17, 15) is 28.1 Å². The minimum absolute atomic E-state index is 0.0140. The summed E-state index contributed by atoms with van der Waals surface area (Å²) in [6.07, 6.45) is -4.68. The molecule has 1 atom stereocenters. The number of hydrogen-bond acceptors (Lipinski definition) is 3. The molecule has 1 aliphatic heterocycles. The number of hydrogen-bond donors (Lipinski definition) is 0. The molecule has 0 saturated carbocycles. The number of benzene rings is 1. The van der Waals surface area contributed by atoms with Gasteiger partial charge < -0.3 is 4.90 Å². The predicted octanol–water partition coefficient (Wildman–Crippen LogP) is 3.25. The summed E-state index contributed by atoms with van der Waals surface area (Å²) in [5, 5.41) is 11.4. The van der Waals surface area contributed by atoms with Gasteiger partial charge in [-0.3, -0.25) is 15.0 Å². The molecule has 0 aliphatic carbocycles. The van der Waals surface area contributed by atoms with Crippen LogP contribution in [0.2, 0.25) is 0 Å². The Morgan fingerprint density at radius 2 is 1.78 bits per heavy atom. The molecule has 0 saturated heterocycles. The van der Waals surface area contributed by atoms with Crippen molar-refractivity contribution in [2.24, 2.45) is 0 Å². The van der Waals surface area contributed by atoms with Crippen LogP contribution in [0, 0.1) is 10.1 Å². The fourth-order valence-electron chi connectivity index (χ4n) is 2.63. The van der Waals surface area contributed by atoms with Gasteiger partial charge in [-0.05, 0) is 18.6 Å². The van der Waals surface area contributed by atoms with Crippen molar-refractivity contribution in [1.29, 1.82) is 0 Å². The van der Waals surface area contributed by atoms with Crippen molar-refractivity contribution < 1.29 is 22.9 Å². The summed E-state index contributed by atoms with van der Waals surface area (Å²) < 4.78 is 39.7.